The minimum absolute atomic E-state index is 0.568. The summed E-state index contributed by atoms with van der Waals surface area (Å²) in [5, 5.41) is 0. The molecule has 1 rings (SSSR count). The van der Waals surface area contributed by atoms with Crippen LogP contribution in [-0.2, 0) is 4.74 Å². The fraction of sp³-hybridized carbons (Fsp3) is 0.857. The van der Waals surface area contributed by atoms with Crippen molar-refractivity contribution in [1.29, 1.82) is 0 Å². The quantitative estimate of drug-likeness (QED) is 0.241. The Morgan fingerprint density at radius 1 is 1.31 bits per heavy atom. The highest BCUT2D eigenvalue weighted by atomic mass is 16.6. The second kappa shape index (κ2) is 7.08. The maximum absolute atomic E-state index is 5.29. The summed E-state index contributed by atoms with van der Waals surface area (Å²) in [5.41, 5.74) is 0. The fourth-order valence-corrected chi connectivity index (χ4v) is 2.22. The Bertz CT molecular complexity index is 201. The van der Waals surface area contributed by atoms with Gasteiger partial charge in [0.1, 0.15) is 0 Å². The Hall–Kier alpha value is -0.340. The molecule has 1 fully saturated rings. The van der Waals surface area contributed by atoms with Gasteiger partial charge in [-0.3, -0.25) is 0 Å². The molecule has 0 saturated carbocycles. The molecule has 0 amide bonds. The molecule has 0 aromatic carbocycles. The van der Waals surface area contributed by atoms with E-state index in [-0.39, 0.29) is 0 Å². The van der Waals surface area contributed by atoms with Gasteiger partial charge in [0.25, 0.3) is 0 Å². The number of unbranched alkanes of at least 4 members (excludes halogenated alkanes) is 3. The molecule has 0 aromatic heterocycles. The molecule has 2 unspecified atom stereocenters. The zero-order chi connectivity index (χ0) is 11.9. The molecule has 2 atom stereocenters. The molecule has 0 spiro atoms. The first-order chi connectivity index (χ1) is 7.70. The highest BCUT2D eigenvalue weighted by Crippen LogP contribution is 2.17. The van der Waals surface area contributed by atoms with E-state index in [2.05, 4.69) is 26.6 Å². The van der Waals surface area contributed by atoms with Crippen LogP contribution in [-0.4, -0.2) is 43.9 Å². The van der Waals surface area contributed by atoms with Gasteiger partial charge in [0.2, 0.25) is 0 Å². The third-order valence-electron chi connectivity index (χ3n) is 3.51. The van der Waals surface area contributed by atoms with Crippen LogP contribution in [0.1, 0.15) is 39.0 Å². The minimum atomic E-state index is 0.568. The molecule has 0 N–H and O–H groups in total. The molecule has 1 heterocycles. The van der Waals surface area contributed by atoms with Crippen LogP contribution in [0.4, 0.5) is 0 Å². The molecule has 1 aliphatic rings. The van der Waals surface area contributed by atoms with Crippen molar-refractivity contribution in [2.45, 2.75) is 45.1 Å². The van der Waals surface area contributed by atoms with E-state index < -0.39 is 0 Å². The van der Waals surface area contributed by atoms with Gasteiger partial charge in [-0.15, -0.1) is 0 Å². The van der Waals surface area contributed by atoms with Gasteiger partial charge in [0.15, 0.2) is 0 Å². The lowest BCUT2D eigenvalue weighted by molar-refractivity contribution is -0.904. The summed E-state index contributed by atoms with van der Waals surface area (Å²) in [6.45, 7) is 10.8. The number of ether oxygens (including phenoxy) is 1. The van der Waals surface area contributed by atoms with Gasteiger partial charge in [0, 0.05) is 6.42 Å². The van der Waals surface area contributed by atoms with Crippen LogP contribution < -0.4 is 0 Å². The zero-order valence-corrected chi connectivity index (χ0v) is 11.1. The van der Waals surface area contributed by atoms with Gasteiger partial charge < -0.3 is 9.22 Å². The molecular formula is C14H28NO+. The van der Waals surface area contributed by atoms with E-state index in [1.165, 1.54) is 45.2 Å². The zero-order valence-electron chi connectivity index (χ0n) is 11.1. The predicted octanol–water partition coefficient (Wildman–Crippen LogP) is 2.99. The van der Waals surface area contributed by atoms with E-state index >= 15 is 0 Å². The van der Waals surface area contributed by atoms with Crippen molar-refractivity contribution < 1.29 is 9.22 Å². The van der Waals surface area contributed by atoms with Crippen molar-refractivity contribution >= 4 is 0 Å². The van der Waals surface area contributed by atoms with Crippen molar-refractivity contribution in [2.75, 3.05) is 33.3 Å². The van der Waals surface area contributed by atoms with E-state index in [4.69, 9.17) is 4.74 Å². The lowest BCUT2D eigenvalue weighted by Gasteiger charge is -2.33. The molecular weight excluding hydrogens is 198 g/mol. The summed E-state index contributed by atoms with van der Waals surface area (Å²) < 4.78 is 6.44. The Morgan fingerprint density at radius 3 is 2.62 bits per heavy atom. The van der Waals surface area contributed by atoms with Crippen molar-refractivity contribution in [3.05, 3.63) is 12.7 Å². The summed E-state index contributed by atoms with van der Waals surface area (Å²) >= 11 is 0. The lowest BCUT2D eigenvalue weighted by atomic mass is 10.1. The highest BCUT2D eigenvalue weighted by Gasteiger charge is 2.27. The van der Waals surface area contributed by atoms with Gasteiger partial charge in [-0.25, -0.2) is 0 Å². The SMILES string of the molecule is C=CC[N+](C)(CCCCCC)CCC1CO1. The predicted molar refractivity (Wildman–Crippen MR) is 69.5 cm³/mol. The number of quaternary nitrogens is 1. The summed E-state index contributed by atoms with van der Waals surface area (Å²) in [6.07, 6.45) is 9.27. The molecule has 0 aliphatic carbocycles. The summed E-state index contributed by atoms with van der Waals surface area (Å²) in [7, 11) is 2.36. The van der Waals surface area contributed by atoms with Crippen molar-refractivity contribution in [1.82, 2.24) is 0 Å². The van der Waals surface area contributed by atoms with Crippen molar-refractivity contribution in [3.63, 3.8) is 0 Å². The minimum Gasteiger partial charge on any atom is -0.373 e. The smallest absolute Gasteiger partial charge is 0.0969 e. The Morgan fingerprint density at radius 2 is 2.06 bits per heavy atom. The Balaban J connectivity index is 2.21. The first-order valence-electron chi connectivity index (χ1n) is 6.76. The standard InChI is InChI=1S/C14H28NO/c1-4-6-7-8-11-15(3,10-5-2)12-9-14-13-16-14/h5,14H,2,4,6-13H2,1,3H3/q+1. The topological polar surface area (TPSA) is 12.5 Å². The molecule has 0 bridgehead atoms. The fourth-order valence-electron chi connectivity index (χ4n) is 2.22. The first-order valence-corrected chi connectivity index (χ1v) is 6.76. The van der Waals surface area contributed by atoms with E-state index in [1.54, 1.807) is 0 Å². The van der Waals surface area contributed by atoms with Crippen molar-refractivity contribution in [2.24, 2.45) is 0 Å². The molecule has 94 valence electrons. The van der Waals surface area contributed by atoms with Gasteiger partial charge in [-0.1, -0.05) is 26.3 Å². The maximum atomic E-state index is 5.29. The van der Waals surface area contributed by atoms with Crippen LogP contribution in [0.2, 0.25) is 0 Å². The van der Waals surface area contributed by atoms with Crippen LogP contribution in [0.3, 0.4) is 0 Å². The van der Waals surface area contributed by atoms with Crippen LogP contribution in [0.15, 0.2) is 12.7 Å². The largest absolute Gasteiger partial charge is 0.373 e. The molecule has 1 aliphatic heterocycles. The third-order valence-corrected chi connectivity index (χ3v) is 3.51. The molecule has 0 radical (unpaired) electrons. The van der Waals surface area contributed by atoms with Crippen LogP contribution >= 0.6 is 0 Å². The average molecular weight is 226 g/mol. The van der Waals surface area contributed by atoms with E-state index in [1.807, 2.05) is 0 Å². The maximum Gasteiger partial charge on any atom is 0.0969 e. The second-order valence-corrected chi connectivity index (χ2v) is 5.34. The molecule has 0 aromatic rings. The summed E-state index contributed by atoms with van der Waals surface area (Å²) in [4.78, 5) is 0. The highest BCUT2D eigenvalue weighted by molar-refractivity contribution is 4.70. The normalized spacial score (nSPS) is 22.8. The molecule has 2 nitrogen and oxygen atoms in total. The van der Waals surface area contributed by atoms with Crippen molar-refractivity contribution in [3.8, 4) is 0 Å². The van der Waals surface area contributed by atoms with Gasteiger partial charge >= 0.3 is 0 Å². The van der Waals surface area contributed by atoms with E-state index in [0.717, 1.165) is 17.6 Å². The number of likely N-dealkylation sites (N-methyl/N-ethyl adjacent to an activating group) is 1. The van der Waals surface area contributed by atoms with Gasteiger partial charge in [0.05, 0.1) is 39.4 Å². The molecule has 2 heteroatoms. The Kier molecular flexibility index (Phi) is 6.07. The lowest BCUT2D eigenvalue weighted by Crippen LogP contribution is -2.46. The van der Waals surface area contributed by atoms with Crippen LogP contribution in [0.5, 0.6) is 0 Å². The number of hydrogen-bond acceptors (Lipinski definition) is 1. The first kappa shape index (κ1) is 13.7. The molecule has 1 saturated heterocycles. The number of rotatable bonds is 10. The van der Waals surface area contributed by atoms with Gasteiger partial charge in [-0.05, 0) is 18.9 Å². The second-order valence-electron chi connectivity index (χ2n) is 5.34. The number of hydrogen-bond donors (Lipinski definition) is 0. The van der Waals surface area contributed by atoms with Crippen LogP contribution in [0, 0.1) is 0 Å². The average Bonchev–Trinajstić information content (AvgIpc) is 3.06. The summed E-state index contributed by atoms with van der Waals surface area (Å²) in [6, 6.07) is 0. The molecule has 16 heavy (non-hydrogen) atoms. The van der Waals surface area contributed by atoms with E-state index in [9.17, 15) is 0 Å². The summed E-state index contributed by atoms with van der Waals surface area (Å²) in [5.74, 6) is 0. The number of epoxide rings is 1. The monoisotopic (exact) mass is 226 g/mol. The number of nitrogens with zero attached hydrogens (tertiary/aromatic N) is 1. The van der Waals surface area contributed by atoms with E-state index in [0.29, 0.717) is 6.10 Å². The van der Waals surface area contributed by atoms with Crippen LogP contribution in [0.25, 0.3) is 0 Å². The third kappa shape index (κ3) is 5.66. The Labute approximate surface area is 101 Å². The van der Waals surface area contributed by atoms with Gasteiger partial charge in [-0.2, -0.15) is 0 Å².